The third kappa shape index (κ3) is 4.00. The second-order valence-corrected chi connectivity index (χ2v) is 7.47. The number of nitrogens with zero attached hydrogens (tertiary/aromatic N) is 4. The average molecular weight is 377 g/mol. The molecule has 6 heteroatoms. The van der Waals surface area contributed by atoms with Crippen LogP contribution in [0, 0.1) is 0 Å². The van der Waals surface area contributed by atoms with Gasteiger partial charge in [0.2, 0.25) is 0 Å². The van der Waals surface area contributed by atoms with Crippen molar-refractivity contribution < 1.29 is 4.52 Å². The van der Waals surface area contributed by atoms with Gasteiger partial charge in [-0.1, -0.05) is 5.16 Å². The first-order valence-corrected chi connectivity index (χ1v) is 9.05. The molecule has 1 aliphatic heterocycles. The first-order chi connectivity index (χ1) is 11.3. The van der Waals surface area contributed by atoms with Crippen LogP contribution in [0.1, 0.15) is 35.8 Å². The molecule has 3 heterocycles. The first-order valence-electron chi connectivity index (χ1n) is 8.26. The van der Waals surface area contributed by atoms with Gasteiger partial charge >= 0.3 is 0 Å². The van der Waals surface area contributed by atoms with E-state index in [1.807, 2.05) is 12.4 Å². The average Bonchev–Trinajstić information content (AvgIpc) is 3.30. The molecule has 0 aromatic carbocycles. The fraction of sp³-hybridized carbons (Fsp3) is 0.529. The van der Waals surface area contributed by atoms with E-state index in [4.69, 9.17) is 4.52 Å². The zero-order valence-corrected chi connectivity index (χ0v) is 14.7. The van der Waals surface area contributed by atoms with Gasteiger partial charge < -0.3 is 4.52 Å². The van der Waals surface area contributed by atoms with Crippen molar-refractivity contribution in [3.05, 3.63) is 46.0 Å². The molecule has 2 aliphatic rings. The molecule has 0 N–H and O–H groups in total. The van der Waals surface area contributed by atoms with E-state index in [1.54, 1.807) is 0 Å². The molecule has 2 aromatic heterocycles. The molecule has 23 heavy (non-hydrogen) atoms. The monoisotopic (exact) mass is 376 g/mol. The summed E-state index contributed by atoms with van der Waals surface area (Å²) in [5.41, 5.74) is 2.34. The lowest BCUT2D eigenvalue weighted by Gasteiger charge is -2.34. The van der Waals surface area contributed by atoms with Crippen LogP contribution >= 0.6 is 15.9 Å². The maximum atomic E-state index is 5.44. The molecule has 0 bridgehead atoms. The second-order valence-electron chi connectivity index (χ2n) is 6.56. The summed E-state index contributed by atoms with van der Waals surface area (Å²) >= 11 is 3.48. The number of hydrogen-bond acceptors (Lipinski definition) is 5. The minimum atomic E-state index is 0.645. The minimum Gasteiger partial charge on any atom is -0.361 e. The van der Waals surface area contributed by atoms with Gasteiger partial charge in [0.15, 0.2) is 0 Å². The van der Waals surface area contributed by atoms with Crippen LogP contribution in [0.2, 0.25) is 0 Å². The maximum Gasteiger partial charge on any atom is 0.140 e. The van der Waals surface area contributed by atoms with Crippen LogP contribution in [0.15, 0.2) is 33.5 Å². The van der Waals surface area contributed by atoms with Crippen molar-refractivity contribution in [1.29, 1.82) is 0 Å². The first kappa shape index (κ1) is 15.3. The molecule has 1 saturated carbocycles. The fourth-order valence-corrected chi connectivity index (χ4v) is 3.51. The van der Waals surface area contributed by atoms with Gasteiger partial charge in [0.05, 0.1) is 5.69 Å². The number of piperazine rings is 1. The fourth-order valence-electron chi connectivity index (χ4n) is 3.10. The number of rotatable bonds is 5. The molecule has 1 saturated heterocycles. The van der Waals surface area contributed by atoms with Gasteiger partial charge in [0.1, 0.15) is 5.76 Å². The Balaban J connectivity index is 1.26. The molecule has 2 fully saturated rings. The zero-order valence-electron chi connectivity index (χ0n) is 13.1. The Bertz CT molecular complexity index is 662. The number of pyridine rings is 1. The van der Waals surface area contributed by atoms with E-state index >= 15 is 0 Å². The molecule has 122 valence electrons. The van der Waals surface area contributed by atoms with Crippen molar-refractivity contribution in [2.24, 2.45) is 0 Å². The predicted molar refractivity (Wildman–Crippen MR) is 91.0 cm³/mol. The Morgan fingerprint density at radius 2 is 1.78 bits per heavy atom. The molecule has 0 spiro atoms. The van der Waals surface area contributed by atoms with E-state index in [0.29, 0.717) is 5.92 Å². The smallest absolute Gasteiger partial charge is 0.140 e. The largest absolute Gasteiger partial charge is 0.361 e. The normalized spacial score (nSPS) is 20.0. The summed E-state index contributed by atoms with van der Waals surface area (Å²) < 4.78 is 6.49. The van der Waals surface area contributed by atoms with E-state index in [1.165, 1.54) is 18.4 Å². The van der Waals surface area contributed by atoms with Gasteiger partial charge in [0, 0.05) is 68.1 Å². The van der Waals surface area contributed by atoms with E-state index in [-0.39, 0.29) is 0 Å². The minimum absolute atomic E-state index is 0.645. The highest BCUT2D eigenvalue weighted by molar-refractivity contribution is 9.10. The molecule has 0 radical (unpaired) electrons. The standard InChI is InChI=1S/C17H21BrN4O/c18-15-7-13(9-19-10-15)11-21-3-5-22(6-4-21)12-16-8-17(23-20-16)14-1-2-14/h7-10,14H,1-6,11-12H2. The molecule has 1 aliphatic carbocycles. The number of halogens is 1. The summed E-state index contributed by atoms with van der Waals surface area (Å²) in [5.74, 6) is 1.73. The van der Waals surface area contributed by atoms with Crippen molar-refractivity contribution in [2.45, 2.75) is 31.8 Å². The summed E-state index contributed by atoms with van der Waals surface area (Å²) in [5, 5.41) is 4.22. The van der Waals surface area contributed by atoms with E-state index < -0.39 is 0 Å². The van der Waals surface area contributed by atoms with Gasteiger partial charge in [0.25, 0.3) is 0 Å². The van der Waals surface area contributed by atoms with Crippen molar-refractivity contribution in [2.75, 3.05) is 26.2 Å². The van der Waals surface area contributed by atoms with Crippen molar-refractivity contribution in [3.8, 4) is 0 Å². The van der Waals surface area contributed by atoms with Crippen molar-refractivity contribution in [1.82, 2.24) is 19.9 Å². The highest BCUT2D eigenvalue weighted by Crippen LogP contribution is 2.40. The Morgan fingerprint density at radius 3 is 2.48 bits per heavy atom. The van der Waals surface area contributed by atoms with Crippen LogP contribution in [-0.2, 0) is 13.1 Å². The molecule has 0 unspecified atom stereocenters. The van der Waals surface area contributed by atoms with Crippen LogP contribution in [0.4, 0.5) is 0 Å². The highest BCUT2D eigenvalue weighted by atomic mass is 79.9. The zero-order chi connectivity index (χ0) is 15.6. The summed E-state index contributed by atoms with van der Waals surface area (Å²) in [6.45, 7) is 6.19. The quantitative estimate of drug-likeness (QED) is 0.802. The summed E-state index contributed by atoms with van der Waals surface area (Å²) in [4.78, 5) is 9.19. The van der Waals surface area contributed by atoms with Crippen molar-refractivity contribution >= 4 is 15.9 Å². The van der Waals surface area contributed by atoms with Crippen LogP contribution in [-0.4, -0.2) is 46.1 Å². The Labute approximate surface area is 144 Å². The van der Waals surface area contributed by atoms with Crippen molar-refractivity contribution in [3.63, 3.8) is 0 Å². The third-order valence-corrected chi connectivity index (χ3v) is 5.01. The Kier molecular flexibility index (Phi) is 4.46. The highest BCUT2D eigenvalue weighted by Gasteiger charge is 2.28. The summed E-state index contributed by atoms with van der Waals surface area (Å²) in [7, 11) is 0. The topological polar surface area (TPSA) is 45.4 Å². The third-order valence-electron chi connectivity index (χ3n) is 4.58. The van der Waals surface area contributed by atoms with E-state index in [0.717, 1.165) is 55.2 Å². The molecular weight excluding hydrogens is 356 g/mol. The van der Waals surface area contributed by atoms with Crippen LogP contribution < -0.4 is 0 Å². The van der Waals surface area contributed by atoms with E-state index in [2.05, 4.69) is 48.0 Å². The summed E-state index contributed by atoms with van der Waals surface area (Å²) in [6.07, 6.45) is 6.30. The molecule has 0 atom stereocenters. The molecule has 2 aromatic rings. The lowest BCUT2D eigenvalue weighted by molar-refractivity contribution is 0.120. The van der Waals surface area contributed by atoms with Gasteiger partial charge in [-0.3, -0.25) is 14.8 Å². The maximum absolute atomic E-state index is 5.44. The number of aromatic nitrogens is 2. The molecule has 4 rings (SSSR count). The Morgan fingerprint density at radius 1 is 1.04 bits per heavy atom. The lowest BCUT2D eigenvalue weighted by atomic mass is 10.2. The van der Waals surface area contributed by atoms with Crippen LogP contribution in [0.5, 0.6) is 0 Å². The van der Waals surface area contributed by atoms with Crippen LogP contribution in [0.3, 0.4) is 0 Å². The predicted octanol–water partition coefficient (Wildman–Crippen LogP) is 3.03. The SMILES string of the molecule is Brc1cncc(CN2CCN(Cc3cc(C4CC4)on3)CC2)c1. The molecule has 5 nitrogen and oxygen atoms in total. The lowest BCUT2D eigenvalue weighted by Crippen LogP contribution is -2.45. The molecular formula is C17H21BrN4O. The molecule has 0 amide bonds. The summed E-state index contributed by atoms with van der Waals surface area (Å²) in [6, 6.07) is 4.30. The van der Waals surface area contributed by atoms with Crippen LogP contribution in [0.25, 0.3) is 0 Å². The van der Waals surface area contributed by atoms with Gasteiger partial charge in [-0.25, -0.2) is 0 Å². The Hall–Kier alpha value is -1.24. The van der Waals surface area contributed by atoms with Gasteiger partial charge in [-0.2, -0.15) is 0 Å². The van der Waals surface area contributed by atoms with Gasteiger partial charge in [-0.15, -0.1) is 0 Å². The number of hydrogen-bond donors (Lipinski definition) is 0. The van der Waals surface area contributed by atoms with E-state index in [9.17, 15) is 0 Å². The van der Waals surface area contributed by atoms with Gasteiger partial charge in [-0.05, 0) is 40.4 Å². The second kappa shape index (κ2) is 6.71.